The SMILES string of the molecule is CCCOc1c(CNc2cc(Cl)ccc2Cl)cc(Cl)cc1OC. The molecule has 2 rings (SSSR count). The zero-order valence-electron chi connectivity index (χ0n) is 13.0. The maximum Gasteiger partial charge on any atom is 0.166 e. The normalized spacial score (nSPS) is 10.5. The zero-order chi connectivity index (χ0) is 16.8. The van der Waals surface area contributed by atoms with Crippen LogP contribution in [-0.4, -0.2) is 13.7 Å². The van der Waals surface area contributed by atoms with Crippen LogP contribution in [0, 0.1) is 0 Å². The quantitative estimate of drug-likeness (QED) is 0.639. The van der Waals surface area contributed by atoms with Crippen molar-refractivity contribution in [1.29, 1.82) is 0 Å². The molecule has 0 saturated heterocycles. The molecule has 0 aromatic heterocycles. The Morgan fingerprint density at radius 2 is 1.83 bits per heavy atom. The van der Waals surface area contributed by atoms with Gasteiger partial charge in [0.05, 0.1) is 24.4 Å². The Bertz CT molecular complexity index is 677. The van der Waals surface area contributed by atoms with Gasteiger partial charge in [0.2, 0.25) is 0 Å². The number of ether oxygens (including phenoxy) is 2. The van der Waals surface area contributed by atoms with E-state index < -0.39 is 0 Å². The van der Waals surface area contributed by atoms with Crippen LogP contribution in [0.3, 0.4) is 0 Å². The zero-order valence-corrected chi connectivity index (χ0v) is 15.2. The predicted molar refractivity (Wildman–Crippen MR) is 97.6 cm³/mol. The van der Waals surface area contributed by atoms with Gasteiger partial charge in [0.1, 0.15) is 0 Å². The van der Waals surface area contributed by atoms with Crippen LogP contribution in [0.2, 0.25) is 15.1 Å². The van der Waals surface area contributed by atoms with Gasteiger partial charge in [0.25, 0.3) is 0 Å². The van der Waals surface area contributed by atoms with Gasteiger partial charge in [-0.15, -0.1) is 0 Å². The first kappa shape index (κ1) is 18.1. The van der Waals surface area contributed by atoms with E-state index in [1.165, 1.54) is 0 Å². The summed E-state index contributed by atoms with van der Waals surface area (Å²) in [6, 6.07) is 8.85. The summed E-state index contributed by atoms with van der Waals surface area (Å²) in [4.78, 5) is 0. The van der Waals surface area contributed by atoms with Gasteiger partial charge in [-0.25, -0.2) is 0 Å². The second-order valence-corrected chi connectivity index (χ2v) is 6.20. The second kappa shape index (κ2) is 8.53. The number of rotatable bonds is 7. The van der Waals surface area contributed by atoms with Crippen molar-refractivity contribution in [3.05, 3.63) is 51.0 Å². The largest absolute Gasteiger partial charge is 0.493 e. The summed E-state index contributed by atoms with van der Waals surface area (Å²) in [6.07, 6.45) is 0.902. The number of anilines is 1. The molecule has 0 amide bonds. The van der Waals surface area contributed by atoms with Gasteiger partial charge < -0.3 is 14.8 Å². The molecule has 1 N–H and O–H groups in total. The molecular weight excluding hydrogens is 357 g/mol. The summed E-state index contributed by atoms with van der Waals surface area (Å²) in [5.74, 6) is 1.30. The maximum atomic E-state index is 6.17. The van der Waals surface area contributed by atoms with Crippen LogP contribution in [0.5, 0.6) is 11.5 Å². The molecule has 6 heteroatoms. The number of halogens is 3. The molecule has 0 saturated carbocycles. The van der Waals surface area contributed by atoms with Gasteiger partial charge in [-0.2, -0.15) is 0 Å². The topological polar surface area (TPSA) is 30.5 Å². The smallest absolute Gasteiger partial charge is 0.166 e. The van der Waals surface area contributed by atoms with E-state index in [0.717, 1.165) is 17.7 Å². The minimum absolute atomic E-state index is 0.482. The van der Waals surface area contributed by atoms with Gasteiger partial charge in [-0.1, -0.05) is 41.7 Å². The van der Waals surface area contributed by atoms with Crippen LogP contribution in [0.15, 0.2) is 30.3 Å². The average Bonchev–Trinajstić information content (AvgIpc) is 2.54. The lowest BCUT2D eigenvalue weighted by Crippen LogP contribution is -2.06. The van der Waals surface area contributed by atoms with Crippen molar-refractivity contribution in [2.45, 2.75) is 19.9 Å². The third-order valence-electron chi connectivity index (χ3n) is 3.16. The van der Waals surface area contributed by atoms with Crippen LogP contribution < -0.4 is 14.8 Å². The van der Waals surface area contributed by atoms with Gasteiger partial charge >= 0.3 is 0 Å². The first-order valence-corrected chi connectivity index (χ1v) is 8.36. The van der Waals surface area contributed by atoms with Crippen molar-refractivity contribution in [2.24, 2.45) is 0 Å². The van der Waals surface area contributed by atoms with Crippen molar-refractivity contribution in [1.82, 2.24) is 0 Å². The molecule has 23 heavy (non-hydrogen) atoms. The lowest BCUT2D eigenvalue weighted by atomic mass is 10.1. The van der Waals surface area contributed by atoms with Crippen molar-refractivity contribution in [2.75, 3.05) is 19.0 Å². The van der Waals surface area contributed by atoms with Crippen LogP contribution in [0.4, 0.5) is 5.69 Å². The van der Waals surface area contributed by atoms with E-state index in [4.69, 9.17) is 44.3 Å². The van der Waals surface area contributed by atoms with Gasteiger partial charge in [0, 0.05) is 28.2 Å². The highest BCUT2D eigenvalue weighted by molar-refractivity contribution is 6.35. The molecule has 2 aromatic rings. The van der Waals surface area contributed by atoms with Crippen molar-refractivity contribution in [3.8, 4) is 11.5 Å². The Kier molecular flexibility index (Phi) is 6.70. The average molecular weight is 375 g/mol. The molecule has 0 atom stereocenters. The summed E-state index contributed by atoms with van der Waals surface area (Å²) in [5, 5.41) is 5.05. The van der Waals surface area contributed by atoms with E-state index in [0.29, 0.717) is 39.7 Å². The minimum atomic E-state index is 0.482. The Labute approximate surface area is 151 Å². The summed E-state index contributed by atoms with van der Waals surface area (Å²) >= 11 is 18.3. The lowest BCUT2D eigenvalue weighted by Gasteiger charge is -2.17. The van der Waals surface area contributed by atoms with Crippen molar-refractivity contribution < 1.29 is 9.47 Å². The fraction of sp³-hybridized carbons (Fsp3) is 0.294. The van der Waals surface area contributed by atoms with E-state index in [2.05, 4.69) is 5.32 Å². The first-order chi connectivity index (χ1) is 11.0. The van der Waals surface area contributed by atoms with Crippen LogP contribution >= 0.6 is 34.8 Å². The summed E-state index contributed by atoms with van der Waals surface area (Å²) in [6.45, 7) is 3.13. The number of benzene rings is 2. The number of hydrogen-bond acceptors (Lipinski definition) is 3. The fourth-order valence-corrected chi connectivity index (χ4v) is 2.68. The minimum Gasteiger partial charge on any atom is -0.493 e. The summed E-state index contributed by atoms with van der Waals surface area (Å²) < 4.78 is 11.2. The Morgan fingerprint density at radius 1 is 1.04 bits per heavy atom. The standard InChI is InChI=1S/C17H18Cl3NO2/c1-3-6-23-17-11(7-13(19)9-16(17)22-2)10-21-15-8-12(18)4-5-14(15)20/h4-5,7-9,21H,3,6,10H2,1-2H3. The van der Waals surface area contributed by atoms with Crippen molar-refractivity contribution in [3.63, 3.8) is 0 Å². The highest BCUT2D eigenvalue weighted by atomic mass is 35.5. The molecule has 124 valence electrons. The highest BCUT2D eigenvalue weighted by Crippen LogP contribution is 2.36. The maximum absolute atomic E-state index is 6.17. The third kappa shape index (κ3) is 4.84. The van der Waals surface area contributed by atoms with E-state index in [1.807, 2.05) is 13.0 Å². The molecule has 0 aliphatic carbocycles. The fourth-order valence-electron chi connectivity index (χ4n) is 2.10. The molecule has 0 bridgehead atoms. The van der Waals surface area contributed by atoms with Gasteiger partial charge in [0.15, 0.2) is 11.5 Å². The molecule has 0 aliphatic rings. The van der Waals surface area contributed by atoms with Gasteiger partial charge in [-0.3, -0.25) is 0 Å². The molecule has 0 heterocycles. The number of hydrogen-bond donors (Lipinski definition) is 1. The Morgan fingerprint density at radius 3 is 2.52 bits per heavy atom. The van der Waals surface area contributed by atoms with E-state index >= 15 is 0 Å². The second-order valence-electron chi connectivity index (χ2n) is 4.92. The molecule has 3 nitrogen and oxygen atoms in total. The molecule has 0 spiro atoms. The Balaban J connectivity index is 2.27. The van der Waals surface area contributed by atoms with E-state index in [9.17, 15) is 0 Å². The molecule has 0 aliphatic heterocycles. The number of nitrogens with one attached hydrogen (secondary N) is 1. The predicted octanol–water partition coefficient (Wildman–Crippen LogP) is 6.06. The van der Waals surface area contributed by atoms with Crippen LogP contribution in [-0.2, 0) is 6.54 Å². The monoisotopic (exact) mass is 373 g/mol. The van der Waals surface area contributed by atoms with E-state index in [-0.39, 0.29) is 0 Å². The number of methoxy groups -OCH3 is 1. The van der Waals surface area contributed by atoms with Crippen molar-refractivity contribution >= 4 is 40.5 Å². The molecule has 2 aromatic carbocycles. The summed E-state index contributed by atoms with van der Waals surface area (Å²) in [7, 11) is 1.59. The van der Waals surface area contributed by atoms with Gasteiger partial charge in [-0.05, 0) is 30.7 Å². The first-order valence-electron chi connectivity index (χ1n) is 7.23. The molecule has 0 unspecified atom stereocenters. The van der Waals surface area contributed by atoms with E-state index in [1.54, 1.807) is 31.4 Å². The molecule has 0 fully saturated rings. The molecule has 0 radical (unpaired) electrons. The molecular formula is C17H18Cl3NO2. The summed E-state index contributed by atoms with van der Waals surface area (Å²) in [5.41, 5.74) is 1.64. The Hall–Kier alpha value is -1.29. The highest BCUT2D eigenvalue weighted by Gasteiger charge is 2.13. The lowest BCUT2D eigenvalue weighted by molar-refractivity contribution is 0.291. The van der Waals surface area contributed by atoms with Crippen LogP contribution in [0.25, 0.3) is 0 Å². The van der Waals surface area contributed by atoms with Crippen LogP contribution in [0.1, 0.15) is 18.9 Å². The third-order valence-corrected chi connectivity index (χ3v) is 3.95.